The van der Waals surface area contributed by atoms with Crippen molar-refractivity contribution in [3.05, 3.63) is 77.9 Å². The number of benzene rings is 2. The molecule has 1 saturated heterocycles. The number of carbonyl (C=O) groups is 2. The highest BCUT2D eigenvalue weighted by atomic mass is 16.5. The maximum atomic E-state index is 9.55. The zero-order valence-corrected chi connectivity index (χ0v) is 16.9. The van der Waals surface area contributed by atoms with Crippen molar-refractivity contribution in [2.75, 3.05) is 20.2 Å². The smallest absolute Gasteiger partial charge is 0.328 e. The van der Waals surface area contributed by atoms with E-state index in [0.29, 0.717) is 18.3 Å². The van der Waals surface area contributed by atoms with E-state index in [1.807, 2.05) is 18.2 Å². The van der Waals surface area contributed by atoms with E-state index in [1.165, 1.54) is 11.1 Å². The molecular weight excluding hydrogens is 386 g/mol. The molecule has 30 heavy (non-hydrogen) atoms. The molecule has 0 amide bonds. The van der Waals surface area contributed by atoms with Gasteiger partial charge in [0.25, 0.3) is 0 Å². The first-order chi connectivity index (χ1) is 14.5. The summed E-state index contributed by atoms with van der Waals surface area (Å²) in [6, 6.07) is 18.6. The van der Waals surface area contributed by atoms with Crippen molar-refractivity contribution in [2.24, 2.45) is 0 Å². The second kappa shape index (κ2) is 12.4. The van der Waals surface area contributed by atoms with Gasteiger partial charge in [-0.2, -0.15) is 0 Å². The predicted octanol–water partition coefficient (Wildman–Crippen LogP) is 3.27. The van der Waals surface area contributed by atoms with Gasteiger partial charge in [0.15, 0.2) is 0 Å². The SMILES string of the molecule is COc1ccc(C(OC2CCNCC2)c2ccccc2)cc1.O=C(O)/C=C/C(=O)O. The molecule has 1 heterocycles. The summed E-state index contributed by atoms with van der Waals surface area (Å²) in [6.45, 7) is 2.07. The lowest BCUT2D eigenvalue weighted by Crippen LogP contribution is -2.33. The largest absolute Gasteiger partial charge is 0.497 e. The minimum absolute atomic E-state index is 0.0183. The summed E-state index contributed by atoms with van der Waals surface area (Å²) >= 11 is 0. The Morgan fingerprint density at radius 3 is 1.97 bits per heavy atom. The van der Waals surface area contributed by atoms with Crippen LogP contribution in [0.1, 0.15) is 30.1 Å². The van der Waals surface area contributed by atoms with E-state index in [9.17, 15) is 9.59 Å². The van der Waals surface area contributed by atoms with Crippen molar-refractivity contribution in [3.63, 3.8) is 0 Å². The van der Waals surface area contributed by atoms with Crippen molar-refractivity contribution >= 4 is 11.9 Å². The van der Waals surface area contributed by atoms with E-state index in [4.69, 9.17) is 19.7 Å². The van der Waals surface area contributed by atoms with Crippen LogP contribution in [-0.2, 0) is 14.3 Å². The number of piperidine rings is 1. The summed E-state index contributed by atoms with van der Waals surface area (Å²) in [4.78, 5) is 19.1. The molecule has 3 N–H and O–H groups in total. The van der Waals surface area contributed by atoms with Crippen LogP contribution in [0.3, 0.4) is 0 Å². The highest BCUT2D eigenvalue weighted by Gasteiger charge is 2.21. The number of aliphatic carboxylic acids is 2. The van der Waals surface area contributed by atoms with Gasteiger partial charge in [0.2, 0.25) is 0 Å². The molecule has 0 bridgehead atoms. The molecule has 3 rings (SSSR count). The Hall–Kier alpha value is -3.16. The molecule has 2 aromatic rings. The third-order valence-corrected chi connectivity index (χ3v) is 4.50. The lowest BCUT2D eigenvalue weighted by Gasteiger charge is -2.28. The molecular formula is C23H27NO6. The third kappa shape index (κ3) is 8.06. The summed E-state index contributed by atoms with van der Waals surface area (Å²) in [5.74, 6) is -1.64. The van der Waals surface area contributed by atoms with Crippen LogP contribution in [0, 0.1) is 0 Å². The highest BCUT2D eigenvalue weighted by molar-refractivity contribution is 5.89. The second-order valence-corrected chi connectivity index (χ2v) is 6.66. The quantitative estimate of drug-likeness (QED) is 0.598. The van der Waals surface area contributed by atoms with Crippen molar-refractivity contribution in [1.29, 1.82) is 0 Å². The predicted molar refractivity (Wildman–Crippen MR) is 113 cm³/mol. The minimum atomic E-state index is -1.26. The average molecular weight is 413 g/mol. The minimum Gasteiger partial charge on any atom is -0.497 e. The Morgan fingerprint density at radius 1 is 0.933 bits per heavy atom. The van der Waals surface area contributed by atoms with E-state index in [-0.39, 0.29) is 6.10 Å². The van der Waals surface area contributed by atoms with E-state index < -0.39 is 11.9 Å². The molecule has 1 aliphatic rings. The van der Waals surface area contributed by atoms with Crippen molar-refractivity contribution in [3.8, 4) is 5.75 Å². The van der Waals surface area contributed by atoms with Gasteiger partial charge in [-0.05, 0) is 49.2 Å². The summed E-state index contributed by atoms with van der Waals surface area (Å²) < 4.78 is 11.7. The number of nitrogens with one attached hydrogen (secondary N) is 1. The van der Waals surface area contributed by atoms with Crippen LogP contribution < -0.4 is 10.1 Å². The van der Waals surface area contributed by atoms with Crippen molar-refractivity contribution in [1.82, 2.24) is 5.32 Å². The first kappa shape index (κ1) is 23.1. The van der Waals surface area contributed by atoms with Gasteiger partial charge in [0.1, 0.15) is 11.9 Å². The van der Waals surface area contributed by atoms with E-state index in [1.54, 1.807) is 7.11 Å². The Bertz CT molecular complexity index is 797. The van der Waals surface area contributed by atoms with Crippen LogP contribution in [0.4, 0.5) is 0 Å². The molecule has 0 aromatic heterocycles. The fraction of sp³-hybridized carbons (Fsp3) is 0.304. The van der Waals surface area contributed by atoms with Gasteiger partial charge in [-0.25, -0.2) is 9.59 Å². The van der Waals surface area contributed by atoms with Crippen LogP contribution >= 0.6 is 0 Å². The van der Waals surface area contributed by atoms with Crippen LogP contribution in [0.5, 0.6) is 5.75 Å². The molecule has 0 saturated carbocycles. The summed E-state index contributed by atoms with van der Waals surface area (Å²) in [5.41, 5.74) is 2.37. The molecule has 1 unspecified atom stereocenters. The number of ether oxygens (including phenoxy) is 2. The number of rotatable bonds is 7. The fourth-order valence-electron chi connectivity index (χ4n) is 3.02. The molecule has 160 valence electrons. The van der Waals surface area contributed by atoms with Crippen molar-refractivity contribution < 1.29 is 29.3 Å². The van der Waals surface area contributed by atoms with E-state index in [2.05, 4.69) is 41.7 Å². The van der Waals surface area contributed by atoms with Gasteiger partial charge in [0.05, 0.1) is 13.2 Å². The fourth-order valence-corrected chi connectivity index (χ4v) is 3.02. The maximum Gasteiger partial charge on any atom is 0.328 e. The molecule has 2 aromatic carbocycles. The maximum absolute atomic E-state index is 9.55. The number of hydrogen-bond acceptors (Lipinski definition) is 5. The van der Waals surface area contributed by atoms with E-state index >= 15 is 0 Å². The first-order valence-corrected chi connectivity index (χ1v) is 9.68. The number of hydrogen-bond donors (Lipinski definition) is 3. The molecule has 1 fully saturated rings. The third-order valence-electron chi connectivity index (χ3n) is 4.50. The standard InChI is InChI=1S/C19H23NO2.C4H4O4/c1-21-17-9-7-16(8-10-17)19(15-5-3-2-4-6-15)22-18-11-13-20-14-12-18;5-3(6)1-2-4(7)8/h2-10,18-20H,11-14H2,1H3;1-2H,(H,5,6)(H,7,8)/b;2-1+. The zero-order valence-electron chi connectivity index (χ0n) is 16.9. The molecule has 0 spiro atoms. The van der Waals surface area contributed by atoms with Gasteiger partial charge < -0.3 is 25.0 Å². The van der Waals surface area contributed by atoms with E-state index in [0.717, 1.165) is 31.7 Å². The highest BCUT2D eigenvalue weighted by Crippen LogP contribution is 2.30. The Balaban J connectivity index is 0.000000343. The van der Waals surface area contributed by atoms with Gasteiger partial charge in [-0.3, -0.25) is 0 Å². The topological polar surface area (TPSA) is 105 Å². The Kier molecular flexibility index (Phi) is 9.57. The molecule has 1 aliphatic heterocycles. The first-order valence-electron chi connectivity index (χ1n) is 9.68. The Labute approximate surface area is 176 Å². The van der Waals surface area contributed by atoms with Crippen molar-refractivity contribution in [2.45, 2.75) is 25.0 Å². The van der Waals surface area contributed by atoms with Crippen LogP contribution in [-0.4, -0.2) is 48.5 Å². The molecule has 7 heteroatoms. The lowest BCUT2D eigenvalue weighted by atomic mass is 10.00. The molecule has 1 atom stereocenters. The van der Waals surface area contributed by atoms with Crippen LogP contribution in [0.2, 0.25) is 0 Å². The summed E-state index contributed by atoms with van der Waals surface area (Å²) in [6.07, 6.45) is 3.55. The number of carboxylic acid groups (broad SMARTS) is 2. The normalized spacial score (nSPS) is 15.1. The number of methoxy groups -OCH3 is 1. The number of carboxylic acids is 2. The monoisotopic (exact) mass is 413 g/mol. The average Bonchev–Trinajstić information content (AvgIpc) is 2.78. The van der Waals surface area contributed by atoms with Gasteiger partial charge in [-0.1, -0.05) is 42.5 Å². The summed E-state index contributed by atoms with van der Waals surface area (Å²) in [5, 5.41) is 19.0. The lowest BCUT2D eigenvalue weighted by molar-refractivity contribution is -0.134. The summed E-state index contributed by atoms with van der Waals surface area (Å²) in [7, 11) is 1.69. The second-order valence-electron chi connectivity index (χ2n) is 6.66. The van der Waals surface area contributed by atoms with Gasteiger partial charge in [0, 0.05) is 12.2 Å². The zero-order chi connectivity index (χ0) is 21.8. The molecule has 7 nitrogen and oxygen atoms in total. The Morgan fingerprint density at radius 2 is 1.47 bits per heavy atom. The van der Waals surface area contributed by atoms with Gasteiger partial charge in [-0.15, -0.1) is 0 Å². The van der Waals surface area contributed by atoms with Gasteiger partial charge >= 0.3 is 11.9 Å². The molecule has 0 radical (unpaired) electrons. The van der Waals surface area contributed by atoms with Crippen LogP contribution in [0.25, 0.3) is 0 Å². The molecule has 0 aliphatic carbocycles. The van der Waals surface area contributed by atoms with Crippen LogP contribution in [0.15, 0.2) is 66.7 Å².